The van der Waals surface area contributed by atoms with E-state index in [0.29, 0.717) is 13.2 Å². The molecule has 0 saturated carbocycles. The fourth-order valence-electron chi connectivity index (χ4n) is 0.956. The van der Waals surface area contributed by atoms with E-state index in [1.54, 1.807) is 0 Å². The molecule has 0 spiro atoms. The summed E-state index contributed by atoms with van der Waals surface area (Å²) >= 11 is 0. The molecule has 4 heteroatoms. The van der Waals surface area contributed by atoms with Gasteiger partial charge in [0.25, 0.3) is 0 Å². The van der Waals surface area contributed by atoms with Crippen molar-refractivity contribution in [2.24, 2.45) is 0 Å². The van der Waals surface area contributed by atoms with E-state index in [1.807, 2.05) is 0 Å². The summed E-state index contributed by atoms with van der Waals surface area (Å²) < 4.78 is 5.09. The lowest BCUT2D eigenvalue weighted by atomic mass is 10.4. The van der Waals surface area contributed by atoms with Crippen LogP contribution in [-0.4, -0.2) is 63.6 Å². The monoisotopic (exact) mass is 190 g/mol. The molecule has 0 aliphatic carbocycles. The first kappa shape index (κ1) is 12.8. The highest BCUT2D eigenvalue weighted by molar-refractivity contribution is 4.49. The van der Waals surface area contributed by atoms with Crippen molar-refractivity contribution in [3.05, 3.63) is 0 Å². The number of ether oxygens (including phenoxy) is 1. The van der Waals surface area contributed by atoms with Crippen LogP contribution in [0.4, 0.5) is 0 Å². The molecule has 0 aromatic rings. The van der Waals surface area contributed by atoms with Crippen LogP contribution in [0, 0.1) is 0 Å². The van der Waals surface area contributed by atoms with Crippen molar-refractivity contribution in [2.75, 3.05) is 53.6 Å². The van der Waals surface area contributed by atoms with Crippen molar-refractivity contribution in [1.82, 2.24) is 10.2 Å². The van der Waals surface area contributed by atoms with Crippen LogP contribution in [0.15, 0.2) is 0 Å². The van der Waals surface area contributed by atoms with Crippen LogP contribution in [0.25, 0.3) is 0 Å². The second-order valence-electron chi connectivity index (χ2n) is 3.24. The van der Waals surface area contributed by atoms with Gasteiger partial charge in [-0.2, -0.15) is 0 Å². The predicted octanol–water partition coefficient (Wildman–Crippen LogP) is -0.463. The van der Waals surface area contributed by atoms with Gasteiger partial charge in [0.2, 0.25) is 0 Å². The van der Waals surface area contributed by atoms with E-state index in [-0.39, 0.29) is 6.61 Å². The molecule has 2 N–H and O–H groups in total. The van der Waals surface area contributed by atoms with E-state index < -0.39 is 0 Å². The van der Waals surface area contributed by atoms with Crippen LogP contribution >= 0.6 is 0 Å². The third-order valence-corrected chi connectivity index (χ3v) is 1.62. The van der Waals surface area contributed by atoms with Gasteiger partial charge in [-0.25, -0.2) is 0 Å². The summed E-state index contributed by atoms with van der Waals surface area (Å²) in [5.74, 6) is 0. The van der Waals surface area contributed by atoms with Gasteiger partial charge in [-0.1, -0.05) is 0 Å². The van der Waals surface area contributed by atoms with E-state index in [4.69, 9.17) is 9.84 Å². The fourth-order valence-corrected chi connectivity index (χ4v) is 0.956. The molecule has 13 heavy (non-hydrogen) atoms. The minimum atomic E-state index is 0.112. The normalized spacial score (nSPS) is 11.1. The molecule has 0 fully saturated rings. The van der Waals surface area contributed by atoms with Crippen molar-refractivity contribution in [2.45, 2.75) is 6.42 Å². The highest BCUT2D eigenvalue weighted by Gasteiger charge is 1.90. The molecular weight excluding hydrogens is 168 g/mol. The molecule has 0 bridgehead atoms. The quantitative estimate of drug-likeness (QED) is 0.483. The van der Waals surface area contributed by atoms with Crippen molar-refractivity contribution in [1.29, 1.82) is 0 Å². The predicted molar refractivity (Wildman–Crippen MR) is 53.9 cm³/mol. The Hall–Kier alpha value is -0.160. The molecule has 0 aliphatic rings. The molecule has 0 atom stereocenters. The van der Waals surface area contributed by atoms with Gasteiger partial charge in [0.15, 0.2) is 0 Å². The van der Waals surface area contributed by atoms with E-state index in [2.05, 4.69) is 24.3 Å². The summed E-state index contributed by atoms with van der Waals surface area (Å²) in [6.07, 6.45) is 1.16. The Morgan fingerprint density at radius 3 is 2.62 bits per heavy atom. The fraction of sp³-hybridized carbons (Fsp3) is 1.00. The van der Waals surface area contributed by atoms with Gasteiger partial charge in [0.05, 0.1) is 19.8 Å². The van der Waals surface area contributed by atoms with Crippen LogP contribution in [-0.2, 0) is 4.74 Å². The van der Waals surface area contributed by atoms with Crippen molar-refractivity contribution >= 4 is 0 Å². The number of hydrogen-bond donors (Lipinski definition) is 2. The zero-order valence-electron chi connectivity index (χ0n) is 8.75. The van der Waals surface area contributed by atoms with Crippen LogP contribution in [0.2, 0.25) is 0 Å². The van der Waals surface area contributed by atoms with Crippen molar-refractivity contribution in [3.8, 4) is 0 Å². The second kappa shape index (κ2) is 9.92. The first-order valence-electron chi connectivity index (χ1n) is 4.81. The topological polar surface area (TPSA) is 44.7 Å². The maximum atomic E-state index is 8.42. The van der Waals surface area contributed by atoms with Gasteiger partial charge in [-0.3, -0.25) is 0 Å². The Balaban J connectivity index is 2.84. The second-order valence-corrected chi connectivity index (χ2v) is 3.24. The lowest BCUT2D eigenvalue weighted by molar-refractivity contribution is 0.0939. The molecule has 0 heterocycles. The molecule has 0 unspecified atom stereocenters. The Morgan fingerprint density at radius 2 is 2.00 bits per heavy atom. The third-order valence-electron chi connectivity index (χ3n) is 1.62. The zero-order chi connectivity index (χ0) is 9.94. The summed E-state index contributed by atoms with van der Waals surface area (Å²) in [5.41, 5.74) is 0. The summed E-state index contributed by atoms with van der Waals surface area (Å²) in [4.78, 5) is 2.17. The molecule has 0 amide bonds. The van der Waals surface area contributed by atoms with Crippen molar-refractivity contribution < 1.29 is 9.84 Å². The average molecular weight is 190 g/mol. The molecule has 0 aromatic carbocycles. The molecule has 80 valence electrons. The smallest absolute Gasteiger partial charge is 0.0698 e. The number of aliphatic hydroxyl groups is 1. The SMILES string of the molecule is CN(C)CCCNCCOCCO. The lowest BCUT2D eigenvalue weighted by Crippen LogP contribution is -2.24. The van der Waals surface area contributed by atoms with Crippen LogP contribution in [0.3, 0.4) is 0 Å². The zero-order valence-corrected chi connectivity index (χ0v) is 8.75. The first-order chi connectivity index (χ1) is 6.27. The van der Waals surface area contributed by atoms with Gasteiger partial charge in [-0.15, -0.1) is 0 Å². The standard InChI is InChI=1S/C9H22N2O2/c1-11(2)6-3-4-10-5-8-13-9-7-12/h10,12H,3-9H2,1-2H3. The summed E-state index contributed by atoms with van der Waals surface area (Å²) in [6, 6.07) is 0. The van der Waals surface area contributed by atoms with Gasteiger partial charge in [0, 0.05) is 6.54 Å². The highest BCUT2D eigenvalue weighted by Crippen LogP contribution is 1.80. The maximum absolute atomic E-state index is 8.42. The van der Waals surface area contributed by atoms with Crippen LogP contribution in [0.5, 0.6) is 0 Å². The Labute approximate surface area is 80.9 Å². The Kier molecular flexibility index (Phi) is 9.80. The molecular formula is C9H22N2O2. The molecule has 0 aliphatic heterocycles. The van der Waals surface area contributed by atoms with Gasteiger partial charge >= 0.3 is 0 Å². The number of rotatable bonds is 9. The van der Waals surface area contributed by atoms with E-state index >= 15 is 0 Å². The van der Waals surface area contributed by atoms with Crippen LogP contribution in [0.1, 0.15) is 6.42 Å². The third kappa shape index (κ3) is 11.8. The summed E-state index contributed by atoms with van der Waals surface area (Å²) in [7, 11) is 4.15. The molecule has 0 saturated heterocycles. The van der Waals surface area contributed by atoms with Crippen LogP contribution < -0.4 is 5.32 Å². The van der Waals surface area contributed by atoms with Gasteiger partial charge in [-0.05, 0) is 33.6 Å². The van der Waals surface area contributed by atoms with E-state index in [9.17, 15) is 0 Å². The van der Waals surface area contributed by atoms with Gasteiger partial charge < -0.3 is 20.1 Å². The summed E-state index contributed by atoms with van der Waals surface area (Å²) in [5, 5.41) is 11.7. The largest absolute Gasteiger partial charge is 0.394 e. The first-order valence-corrected chi connectivity index (χ1v) is 4.81. The highest BCUT2D eigenvalue weighted by atomic mass is 16.5. The molecule has 4 nitrogen and oxygen atoms in total. The lowest BCUT2D eigenvalue weighted by Gasteiger charge is -2.09. The average Bonchev–Trinajstić information content (AvgIpc) is 2.09. The molecule has 0 rings (SSSR count). The molecule has 0 radical (unpaired) electrons. The minimum absolute atomic E-state index is 0.112. The maximum Gasteiger partial charge on any atom is 0.0698 e. The summed E-state index contributed by atoms with van der Waals surface area (Å²) in [6.45, 7) is 4.25. The van der Waals surface area contributed by atoms with E-state index in [1.165, 1.54) is 0 Å². The Bertz CT molecular complexity index is 99.6. The number of nitrogens with zero attached hydrogens (tertiary/aromatic N) is 1. The van der Waals surface area contributed by atoms with Crippen molar-refractivity contribution in [3.63, 3.8) is 0 Å². The minimum Gasteiger partial charge on any atom is -0.394 e. The van der Waals surface area contributed by atoms with Gasteiger partial charge in [0.1, 0.15) is 0 Å². The Morgan fingerprint density at radius 1 is 1.23 bits per heavy atom. The van der Waals surface area contributed by atoms with E-state index in [0.717, 1.165) is 26.1 Å². The number of aliphatic hydroxyl groups excluding tert-OH is 1. The number of hydrogen-bond acceptors (Lipinski definition) is 4. The number of nitrogens with one attached hydrogen (secondary N) is 1. The molecule has 0 aromatic heterocycles.